The molecule has 0 bridgehead atoms. The van der Waals surface area contributed by atoms with Crippen molar-refractivity contribution in [2.75, 3.05) is 6.54 Å². The van der Waals surface area contributed by atoms with Crippen molar-refractivity contribution in [2.24, 2.45) is 5.92 Å². The van der Waals surface area contributed by atoms with Gasteiger partial charge in [-0.2, -0.15) is 0 Å². The lowest BCUT2D eigenvalue weighted by molar-refractivity contribution is 0.573. The first kappa shape index (κ1) is 6.35. The Morgan fingerprint density at radius 3 is 3.11 bits per heavy atom. The molecule has 0 saturated heterocycles. The van der Waals surface area contributed by atoms with E-state index in [1.807, 2.05) is 0 Å². The topological polar surface area (TPSA) is 4.36 Å². The van der Waals surface area contributed by atoms with Crippen LogP contribution in [0.2, 0.25) is 0 Å². The molecule has 0 spiro atoms. The number of hydrogen-bond donors (Lipinski definition) is 0. The van der Waals surface area contributed by atoms with Crippen LogP contribution in [-0.4, -0.2) is 6.54 Å². The molecule has 0 aromatic rings. The molecule has 48 valence electrons. The van der Waals surface area contributed by atoms with Crippen molar-refractivity contribution in [1.82, 2.24) is 0 Å². The number of rotatable bonds is 1. The normalized spacial score (nSPS) is 25.4. The van der Waals surface area contributed by atoms with E-state index >= 15 is 0 Å². The highest BCUT2D eigenvalue weighted by Crippen LogP contribution is 2.16. The monoisotopic (exact) mass is 122 g/mol. The molecule has 0 aromatic carbocycles. The molecule has 1 aliphatic carbocycles. The zero-order chi connectivity index (χ0) is 6.53. The van der Waals surface area contributed by atoms with E-state index in [2.05, 4.69) is 17.0 Å². The van der Waals surface area contributed by atoms with Gasteiger partial charge in [-0.05, 0) is 19.3 Å². The lowest BCUT2D eigenvalue weighted by atomic mass is 9.96. The molecule has 1 nitrogen and oxygen atoms in total. The van der Waals surface area contributed by atoms with Gasteiger partial charge in [0.05, 0.1) is 5.92 Å². The second kappa shape index (κ2) is 3.29. The van der Waals surface area contributed by atoms with Gasteiger partial charge in [0.2, 0.25) is 0 Å². The third-order valence-corrected chi connectivity index (χ3v) is 1.69. The van der Waals surface area contributed by atoms with Crippen molar-refractivity contribution in [3.63, 3.8) is 0 Å². The van der Waals surface area contributed by atoms with Gasteiger partial charge in [0.15, 0.2) is 0 Å². The maximum atomic E-state index is 5.05. The van der Waals surface area contributed by atoms with Crippen LogP contribution < -0.4 is 0 Å². The molecule has 0 saturated carbocycles. The van der Waals surface area contributed by atoms with E-state index in [0.29, 0.717) is 5.92 Å². The largest absolute Gasteiger partial charge is 0.269 e. The summed E-state index contributed by atoms with van der Waals surface area (Å²) in [5.74, 6) is 0.628. The standard InChI is InChI=1S/C8H12N/c1-9-7-8-5-3-2-4-6-8/h1,3,5,8H,2,4,6-7H2/q+1. The maximum Gasteiger partial charge on any atom is 0.269 e. The van der Waals surface area contributed by atoms with Crippen molar-refractivity contribution < 1.29 is 0 Å². The molecule has 0 aliphatic heterocycles. The van der Waals surface area contributed by atoms with Crippen molar-refractivity contribution in [3.05, 3.63) is 17.0 Å². The van der Waals surface area contributed by atoms with E-state index in [1.54, 1.807) is 0 Å². The molecular formula is C8H12N+. The molecule has 0 fully saturated rings. The van der Waals surface area contributed by atoms with Gasteiger partial charge >= 0.3 is 0 Å². The van der Waals surface area contributed by atoms with Crippen molar-refractivity contribution >= 4 is 0 Å². The third-order valence-electron chi connectivity index (χ3n) is 1.69. The van der Waals surface area contributed by atoms with E-state index in [9.17, 15) is 0 Å². The molecule has 1 aliphatic rings. The van der Waals surface area contributed by atoms with Gasteiger partial charge in [0.25, 0.3) is 13.1 Å². The molecule has 0 amide bonds. The van der Waals surface area contributed by atoms with Gasteiger partial charge in [-0.15, -0.1) is 0 Å². The van der Waals surface area contributed by atoms with Gasteiger partial charge < -0.3 is 0 Å². The summed E-state index contributed by atoms with van der Waals surface area (Å²) in [6, 6.07) is 0. The Kier molecular flexibility index (Phi) is 2.32. The Hall–Kier alpha value is -0.770. The number of hydrogen-bond acceptors (Lipinski definition) is 0. The quantitative estimate of drug-likeness (QED) is 0.470. The minimum Gasteiger partial charge on any atom is -0.0880 e. The van der Waals surface area contributed by atoms with Crippen LogP contribution >= 0.6 is 0 Å². The summed E-state index contributed by atoms with van der Waals surface area (Å²) in [6.07, 6.45) is 8.24. The highest BCUT2D eigenvalue weighted by atomic mass is 14.6. The fraction of sp³-hybridized carbons (Fsp3) is 0.625. The molecule has 0 radical (unpaired) electrons. The van der Waals surface area contributed by atoms with E-state index in [1.165, 1.54) is 19.3 Å². The minimum atomic E-state index is 0.628. The Labute approximate surface area is 56.2 Å². The van der Waals surface area contributed by atoms with Crippen LogP contribution in [-0.2, 0) is 0 Å². The van der Waals surface area contributed by atoms with Gasteiger partial charge in [-0.1, -0.05) is 17.0 Å². The van der Waals surface area contributed by atoms with Crippen molar-refractivity contribution in [3.8, 4) is 6.57 Å². The highest BCUT2D eigenvalue weighted by Gasteiger charge is 2.11. The Bertz CT molecular complexity index is 141. The third kappa shape index (κ3) is 1.89. The van der Waals surface area contributed by atoms with Crippen LogP contribution in [0.5, 0.6) is 0 Å². The fourth-order valence-corrected chi connectivity index (χ4v) is 1.17. The van der Waals surface area contributed by atoms with Crippen LogP contribution in [0.15, 0.2) is 12.2 Å². The Morgan fingerprint density at radius 2 is 2.56 bits per heavy atom. The van der Waals surface area contributed by atoms with Gasteiger partial charge in [-0.25, -0.2) is 0 Å². The second-order valence-electron chi connectivity index (χ2n) is 2.48. The smallest absolute Gasteiger partial charge is 0.0880 e. The summed E-state index contributed by atoms with van der Waals surface area (Å²) < 4.78 is 0. The average molecular weight is 122 g/mol. The molecule has 0 N–H and O–H groups in total. The van der Waals surface area contributed by atoms with Gasteiger partial charge in [-0.3, -0.25) is 0 Å². The molecule has 9 heavy (non-hydrogen) atoms. The van der Waals surface area contributed by atoms with Crippen molar-refractivity contribution in [2.45, 2.75) is 19.3 Å². The molecule has 1 unspecified atom stereocenters. The Morgan fingerprint density at radius 1 is 1.67 bits per heavy atom. The lowest BCUT2D eigenvalue weighted by Crippen LogP contribution is -2.02. The summed E-state index contributed by atoms with van der Waals surface area (Å²) >= 11 is 0. The van der Waals surface area contributed by atoms with Crippen LogP contribution in [0, 0.1) is 12.5 Å². The Balaban J connectivity index is 2.33. The highest BCUT2D eigenvalue weighted by molar-refractivity contribution is 4.96. The maximum absolute atomic E-state index is 5.05. The number of nitrogens with zero attached hydrogens (tertiary/aromatic N) is 1. The minimum absolute atomic E-state index is 0.628. The fourth-order valence-electron chi connectivity index (χ4n) is 1.17. The van der Waals surface area contributed by atoms with E-state index < -0.39 is 0 Å². The predicted molar refractivity (Wildman–Crippen MR) is 39.7 cm³/mol. The zero-order valence-electron chi connectivity index (χ0n) is 5.59. The molecule has 1 atom stereocenters. The summed E-state index contributed by atoms with van der Waals surface area (Å²) in [5, 5.41) is 0. The van der Waals surface area contributed by atoms with E-state index in [4.69, 9.17) is 6.57 Å². The average Bonchev–Trinajstić information content (AvgIpc) is 1.91. The predicted octanol–water partition coefficient (Wildman–Crippen LogP) is 2.31. The van der Waals surface area contributed by atoms with Crippen LogP contribution in [0.3, 0.4) is 0 Å². The van der Waals surface area contributed by atoms with Crippen molar-refractivity contribution in [1.29, 1.82) is 0 Å². The van der Waals surface area contributed by atoms with Crippen LogP contribution in [0.1, 0.15) is 19.3 Å². The van der Waals surface area contributed by atoms with Crippen LogP contribution in [0.25, 0.3) is 4.85 Å². The van der Waals surface area contributed by atoms with Crippen LogP contribution in [0.4, 0.5) is 0 Å². The first-order valence-corrected chi connectivity index (χ1v) is 3.47. The zero-order valence-corrected chi connectivity index (χ0v) is 5.59. The number of allylic oxidation sites excluding steroid dienone is 1. The van der Waals surface area contributed by atoms with Gasteiger partial charge in [0, 0.05) is 0 Å². The molecule has 1 rings (SSSR count). The van der Waals surface area contributed by atoms with E-state index in [-0.39, 0.29) is 0 Å². The second-order valence-corrected chi connectivity index (χ2v) is 2.48. The SMILES string of the molecule is C#[N+]CC1C=CCCC1. The summed E-state index contributed by atoms with van der Waals surface area (Å²) in [6.45, 7) is 5.85. The first-order valence-electron chi connectivity index (χ1n) is 3.47. The summed E-state index contributed by atoms with van der Waals surface area (Å²) in [4.78, 5) is 3.61. The van der Waals surface area contributed by atoms with Gasteiger partial charge in [0.1, 0.15) is 0 Å². The molecule has 1 heteroatoms. The molecule has 0 aromatic heterocycles. The lowest BCUT2D eigenvalue weighted by Gasteiger charge is -2.07. The molecular weight excluding hydrogens is 110 g/mol. The molecule has 0 heterocycles. The summed E-state index contributed by atoms with van der Waals surface area (Å²) in [5.41, 5.74) is 0. The first-order chi connectivity index (χ1) is 4.43. The van der Waals surface area contributed by atoms with E-state index in [0.717, 1.165) is 6.54 Å². The summed E-state index contributed by atoms with van der Waals surface area (Å²) in [7, 11) is 0.